The lowest BCUT2D eigenvalue weighted by atomic mass is 10.2. The van der Waals surface area contributed by atoms with Gasteiger partial charge in [-0.05, 0) is 32.9 Å². The van der Waals surface area contributed by atoms with Crippen LogP contribution < -0.4 is 20.5 Å². The minimum atomic E-state index is -3.00. The van der Waals surface area contributed by atoms with E-state index in [4.69, 9.17) is 20.3 Å². The molecule has 0 heterocycles. The summed E-state index contributed by atoms with van der Waals surface area (Å²) in [5, 5.41) is 11.3. The van der Waals surface area contributed by atoms with Crippen molar-refractivity contribution in [3.05, 3.63) is 18.2 Å². The number of alkyl halides is 2. The molecule has 1 aromatic rings. The standard InChI is InChI=1S/C15H20F2N2O6/c1-15(2,3)25-14(22)19-10(12(20)21)7-23-11-5-4-8(6-9(11)18)24-13(16)17/h4-6,10,13H,7,18H2,1-3H3,(H,19,22)(H,20,21). The summed E-state index contributed by atoms with van der Waals surface area (Å²) < 4.78 is 38.6. The van der Waals surface area contributed by atoms with E-state index in [-0.39, 0.29) is 17.2 Å². The van der Waals surface area contributed by atoms with Gasteiger partial charge >= 0.3 is 18.7 Å². The van der Waals surface area contributed by atoms with Gasteiger partial charge < -0.3 is 30.4 Å². The van der Waals surface area contributed by atoms with Crippen molar-refractivity contribution < 1.29 is 37.7 Å². The zero-order chi connectivity index (χ0) is 19.2. The van der Waals surface area contributed by atoms with Crippen LogP contribution in [0.2, 0.25) is 0 Å². The van der Waals surface area contributed by atoms with E-state index in [1.54, 1.807) is 20.8 Å². The number of benzene rings is 1. The number of rotatable bonds is 7. The topological polar surface area (TPSA) is 120 Å². The van der Waals surface area contributed by atoms with Crippen molar-refractivity contribution in [1.29, 1.82) is 0 Å². The van der Waals surface area contributed by atoms with E-state index < -0.39 is 36.9 Å². The van der Waals surface area contributed by atoms with Gasteiger partial charge in [-0.15, -0.1) is 0 Å². The third-order valence-electron chi connectivity index (χ3n) is 2.60. The molecule has 0 aromatic heterocycles. The van der Waals surface area contributed by atoms with Gasteiger partial charge in [-0.2, -0.15) is 8.78 Å². The molecule has 140 valence electrons. The second kappa shape index (κ2) is 8.36. The monoisotopic (exact) mass is 362 g/mol. The third kappa shape index (κ3) is 7.55. The lowest BCUT2D eigenvalue weighted by Crippen LogP contribution is -2.46. The Labute approximate surface area is 142 Å². The number of carboxylic acid groups (broad SMARTS) is 1. The van der Waals surface area contributed by atoms with Gasteiger partial charge in [0.1, 0.15) is 23.7 Å². The summed E-state index contributed by atoms with van der Waals surface area (Å²) >= 11 is 0. The van der Waals surface area contributed by atoms with Gasteiger partial charge in [0.05, 0.1) is 5.69 Å². The first kappa shape index (κ1) is 20.3. The number of nitrogens with one attached hydrogen (secondary N) is 1. The Bertz CT molecular complexity index is 619. The Balaban J connectivity index is 2.69. The van der Waals surface area contributed by atoms with E-state index in [1.807, 2.05) is 0 Å². The molecule has 0 radical (unpaired) electrons. The number of carboxylic acids is 1. The quantitative estimate of drug-likeness (QED) is 0.636. The van der Waals surface area contributed by atoms with E-state index in [0.29, 0.717) is 0 Å². The van der Waals surface area contributed by atoms with Crippen molar-refractivity contribution in [1.82, 2.24) is 5.32 Å². The number of nitrogens with two attached hydrogens (primary N) is 1. The Morgan fingerprint density at radius 1 is 1.32 bits per heavy atom. The predicted molar refractivity (Wildman–Crippen MR) is 83.8 cm³/mol. The van der Waals surface area contributed by atoms with Gasteiger partial charge in [-0.1, -0.05) is 0 Å². The van der Waals surface area contributed by atoms with Gasteiger partial charge in [0, 0.05) is 6.07 Å². The highest BCUT2D eigenvalue weighted by atomic mass is 19.3. The van der Waals surface area contributed by atoms with E-state index in [1.165, 1.54) is 12.1 Å². The van der Waals surface area contributed by atoms with Crippen molar-refractivity contribution in [3.63, 3.8) is 0 Å². The van der Waals surface area contributed by atoms with Crippen LogP contribution in [0.25, 0.3) is 0 Å². The molecule has 0 aliphatic rings. The lowest BCUT2D eigenvalue weighted by Gasteiger charge is -2.22. The number of nitrogen functional groups attached to an aromatic ring is 1. The maximum Gasteiger partial charge on any atom is 0.408 e. The SMILES string of the molecule is CC(C)(C)OC(=O)NC(COc1ccc(OC(F)F)cc1N)C(=O)O. The van der Waals surface area contributed by atoms with Crippen LogP contribution >= 0.6 is 0 Å². The number of hydrogen-bond acceptors (Lipinski definition) is 6. The number of carbonyl (C=O) groups is 2. The largest absolute Gasteiger partial charge is 0.489 e. The molecule has 0 saturated heterocycles. The number of anilines is 1. The van der Waals surface area contributed by atoms with Gasteiger partial charge in [0.25, 0.3) is 0 Å². The van der Waals surface area contributed by atoms with Crippen molar-refractivity contribution in [2.45, 2.75) is 39.0 Å². The number of carbonyl (C=O) groups excluding carboxylic acids is 1. The maximum absolute atomic E-state index is 12.1. The third-order valence-corrected chi connectivity index (χ3v) is 2.60. The lowest BCUT2D eigenvalue weighted by molar-refractivity contribution is -0.140. The fourth-order valence-corrected chi connectivity index (χ4v) is 1.63. The molecule has 25 heavy (non-hydrogen) atoms. The van der Waals surface area contributed by atoms with E-state index in [9.17, 15) is 18.4 Å². The van der Waals surface area contributed by atoms with Crippen molar-refractivity contribution in [2.24, 2.45) is 0 Å². The molecule has 0 aliphatic heterocycles. The van der Waals surface area contributed by atoms with Crippen LogP contribution in [-0.2, 0) is 9.53 Å². The summed E-state index contributed by atoms with van der Waals surface area (Å²) in [6, 6.07) is 2.15. The molecule has 1 unspecified atom stereocenters. The molecule has 0 aliphatic carbocycles. The second-order valence-electron chi connectivity index (χ2n) is 5.93. The van der Waals surface area contributed by atoms with Gasteiger partial charge in [0.2, 0.25) is 0 Å². The number of halogens is 2. The van der Waals surface area contributed by atoms with Crippen molar-refractivity contribution >= 4 is 17.7 Å². The highest BCUT2D eigenvalue weighted by Crippen LogP contribution is 2.27. The summed E-state index contributed by atoms with van der Waals surface area (Å²) in [6.45, 7) is 1.43. The first-order valence-electron chi connectivity index (χ1n) is 7.17. The Kier molecular flexibility index (Phi) is 6.77. The van der Waals surface area contributed by atoms with Crippen molar-refractivity contribution in [3.8, 4) is 11.5 Å². The number of alkyl carbamates (subject to hydrolysis) is 1. The Morgan fingerprint density at radius 2 is 1.96 bits per heavy atom. The van der Waals surface area contributed by atoms with E-state index in [0.717, 1.165) is 6.07 Å². The maximum atomic E-state index is 12.1. The molecule has 0 bridgehead atoms. The first-order chi connectivity index (χ1) is 11.5. The molecule has 1 amide bonds. The molecule has 1 rings (SSSR count). The molecular weight excluding hydrogens is 342 g/mol. The molecular formula is C15H20F2N2O6. The molecule has 4 N–H and O–H groups in total. The minimum absolute atomic E-state index is 0.0282. The summed E-state index contributed by atoms with van der Waals surface area (Å²) in [5.41, 5.74) is 4.81. The van der Waals surface area contributed by atoms with Crippen LogP contribution in [0, 0.1) is 0 Å². The van der Waals surface area contributed by atoms with Crippen LogP contribution in [0.5, 0.6) is 11.5 Å². The zero-order valence-electron chi connectivity index (χ0n) is 13.9. The molecule has 0 saturated carbocycles. The van der Waals surface area contributed by atoms with Crippen LogP contribution in [0.4, 0.5) is 19.3 Å². The zero-order valence-corrected chi connectivity index (χ0v) is 13.9. The predicted octanol–water partition coefficient (Wildman–Crippen LogP) is 2.23. The van der Waals surface area contributed by atoms with Gasteiger partial charge in [-0.25, -0.2) is 9.59 Å². The van der Waals surface area contributed by atoms with Gasteiger partial charge in [0.15, 0.2) is 6.04 Å². The summed E-state index contributed by atoms with van der Waals surface area (Å²) in [7, 11) is 0. The molecule has 10 heteroatoms. The molecule has 1 atom stereocenters. The minimum Gasteiger partial charge on any atom is -0.489 e. The number of ether oxygens (including phenoxy) is 3. The van der Waals surface area contributed by atoms with E-state index >= 15 is 0 Å². The summed E-state index contributed by atoms with van der Waals surface area (Å²) in [6.07, 6.45) is -0.919. The fourth-order valence-electron chi connectivity index (χ4n) is 1.63. The van der Waals surface area contributed by atoms with Crippen LogP contribution in [0.1, 0.15) is 20.8 Å². The molecule has 8 nitrogen and oxygen atoms in total. The number of hydrogen-bond donors (Lipinski definition) is 3. The number of amides is 1. The average Bonchev–Trinajstić information content (AvgIpc) is 2.42. The smallest absolute Gasteiger partial charge is 0.408 e. The van der Waals surface area contributed by atoms with Crippen LogP contribution in [0.15, 0.2) is 18.2 Å². The Hall–Kier alpha value is -2.78. The highest BCUT2D eigenvalue weighted by molar-refractivity contribution is 5.80. The van der Waals surface area contributed by atoms with Crippen molar-refractivity contribution in [2.75, 3.05) is 12.3 Å². The second-order valence-corrected chi connectivity index (χ2v) is 5.93. The van der Waals surface area contributed by atoms with Crippen LogP contribution in [0.3, 0.4) is 0 Å². The number of aliphatic carboxylic acids is 1. The normalized spacial score (nSPS) is 12.4. The van der Waals surface area contributed by atoms with Gasteiger partial charge in [-0.3, -0.25) is 0 Å². The average molecular weight is 362 g/mol. The first-order valence-corrected chi connectivity index (χ1v) is 7.17. The fraction of sp³-hybridized carbons (Fsp3) is 0.467. The van der Waals surface area contributed by atoms with E-state index in [2.05, 4.69) is 10.1 Å². The molecule has 0 fully saturated rings. The Morgan fingerprint density at radius 3 is 2.44 bits per heavy atom. The summed E-state index contributed by atoms with van der Waals surface area (Å²) in [5.74, 6) is -1.46. The molecule has 0 spiro atoms. The van der Waals surface area contributed by atoms with Crippen LogP contribution in [-0.4, -0.2) is 42.0 Å². The highest BCUT2D eigenvalue weighted by Gasteiger charge is 2.25. The summed E-state index contributed by atoms with van der Waals surface area (Å²) in [4.78, 5) is 22.8. The molecule has 1 aromatic carbocycles.